The van der Waals surface area contributed by atoms with Gasteiger partial charge >= 0.3 is 0 Å². The number of nitrogens with zero attached hydrogens (tertiary/aromatic N) is 1. The molecule has 2 heterocycles. The number of Topliss-reactive ketones (excluding diaryl/α,β-unsaturated/α-hetero) is 1. The molecule has 3 N–H and O–H groups in total. The van der Waals surface area contributed by atoms with E-state index in [0.717, 1.165) is 38.4 Å². The normalized spacial score (nSPS) is 14.5. The summed E-state index contributed by atoms with van der Waals surface area (Å²) >= 11 is 0. The zero-order chi connectivity index (χ0) is 20.9. The summed E-state index contributed by atoms with van der Waals surface area (Å²) in [5.74, 6) is -0.325. The Morgan fingerprint density at radius 2 is 1.73 bits per heavy atom. The first-order chi connectivity index (χ1) is 14.6. The summed E-state index contributed by atoms with van der Waals surface area (Å²) in [5.41, 5.74) is 4.17. The van der Waals surface area contributed by atoms with E-state index in [9.17, 15) is 9.59 Å². The van der Waals surface area contributed by atoms with E-state index in [4.69, 9.17) is 0 Å². The smallest absolute Gasteiger partial charge is 0.272 e. The molecule has 0 spiro atoms. The van der Waals surface area contributed by atoms with E-state index in [1.807, 2.05) is 24.3 Å². The van der Waals surface area contributed by atoms with Gasteiger partial charge in [0.15, 0.2) is 5.78 Å². The van der Waals surface area contributed by atoms with Gasteiger partial charge in [0.1, 0.15) is 12.2 Å². The number of rotatable bonds is 6. The Morgan fingerprint density at radius 1 is 1.03 bits per heavy atom. The van der Waals surface area contributed by atoms with Gasteiger partial charge in [0, 0.05) is 28.7 Å². The third-order valence-electron chi connectivity index (χ3n) is 5.59. The molecule has 4 rings (SSSR count). The Bertz CT molecular complexity index is 1000. The molecule has 1 amide bonds. The number of carbonyl (C=O) groups excluding carboxylic acids is 2. The number of aromatic amines is 1. The second-order valence-corrected chi connectivity index (χ2v) is 7.76. The number of anilines is 2. The first-order valence-electron chi connectivity index (χ1n) is 10.3. The zero-order valence-electron chi connectivity index (χ0n) is 17.2. The molecule has 3 aromatic rings. The molecule has 0 bridgehead atoms. The third-order valence-corrected chi connectivity index (χ3v) is 5.59. The monoisotopic (exact) mass is 403 g/mol. The topological polar surface area (TPSA) is 69.6 Å². The van der Waals surface area contributed by atoms with Crippen molar-refractivity contribution < 1.29 is 14.5 Å². The van der Waals surface area contributed by atoms with Crippen molar-refractivity contribution >= 4 is 23.1 Å². The van der Waals surface area contributed by atoms with Crippen molar-refractivity contribution in [2.75, 3.05) is 36.4 Å². The molecule has 1 saturated heterocycles. The second-order valence-electron chi connectivity index (χ2n) is 7.76. The standard InChI is InChI=1S/C24H26N4O2/c1-18(29)20-15-23(25-16-20)24(30)26-21-7-9-22(10-8-21)28-13-11-27(12-14-28)17-19-5-3-2-4-6-19/h2-10,15-16,25H,11-14,17H2,1H3,(H,26,30)/p+1. The number of carbonyl (C=O) groups is 2. The number of nitrogens with one attached hydrogen (secondary N) is 3. The molecule has 0 atom stereocenters. The Labute approximate surface area is 176 Å². The van der Waals surface area contributed by atoms with Gasteiger partial charge in [0.05, 0.1) is 26.2 Å². The molecule has 0 radical (unpaired) electrons. The summed E-state index contributed by atoms with van der Waals surface area (Å²) in [6.45, 7) is 6.81. The van der Waals surface area contributed by atoms with Crippen molar-refractivity contribution in [3.8, 4) is 0 Å². The number of quaternary nitrogens is 1. The van der Waals surface area contributed by atoms with Crippen LogP contribution >= 0.6 is 0 Å². The van der Waals surface area contributed by atoms with Gasteiger partial charge in [-0.3, -0.25) is 9.59 Å². The predicted molar refractivity (Wildman–Crippen MR) is 118 cm³/mol. The lowest BCUT2D eigenvalue weighted by Gasteiger charge is -2.33. The summed E-state index contributed by atoms with van der Waals surface area (Å²) < 4.78 is 0. The molecule has 154 valence electrons. The highest BCUT2D eigenvalue weighted by atomic mass is 16.2. The molecule has 0 saturated carbocycles. The van der Waals surface area contributed by atoms with Crippen LogP contribution in [-0.4, -0.2) is 42.9 Å². The molecule has 30 heavy (non-hydrogen) atoms. The van der Waals surface area contributed by atoms with Crippen molar-refractivity contribution in [1.82, 2.24) is 4.98 Å². The minimum Gasteiger partial charge on any atom is -0.360 e. The number of ketones is 1. The molecule has 0 aliphatic carbocycles. The maximum absolute atomic E-state index is 12.4. The number of benzene rings is 2. The number of piperazine rings is 1. The Hall–Kier alpha value is -3.38. The van der Waals surface area contributed by atoms with E-state index in [2.05, 4.69) is 45.5 Å². The number of amides is 1. The average Bonchev–Trinajstić information content (AvgIpc) is 3.27. The van der Waals surface area contributed by atoms with Crippen LogP contribution in [0.5, 0.6) is 0 Å². The van der Waals surface area contributed by atoms with E-state index in [-0.39, 0.29) is 11.7 Å². The molecule has 0 unspecified atom stereocenters. The molecular weight excluding hydrogens is 376 g/mol. The van der Waals surface area contributed by atoms with Crippen LogP contribution in [0.25, 0.3) is 0 Å². The van der Waals surface area contributed by atoms with Crippen molar-refractivity contribution in [1.29, 1.82) is 0 Å². The largest absolute Gasteiger partial charge is 0.360 e. The van der Waals surface area contributed by atoms with Crippen LogP contribution in [0.1, 0.15) is 33.3 Å². The lowest BCUT2D eigenvalue weighted by molar-refractivity contribution is -0.914. The van der Waals surface area contributed by atoms with E-state index in [0.29, 0.717) is 11.3 Å². The Balaban J connectivity index is 1.30. The average molecular weight is 404 g/mol. The van der Waals surface area contributed by atoms with Crippen LogP contribution < -0.4 is 15.1 Å². The van der Waals surface area contributed by atoms with Crippen LogP contribution in [0.4, 0.5) is 11.4 Å². The van der Waals surface area contributed by atoms with Crippen molar-refractivity contribution in [2.45, 2.75) is 13.5 Å². The summed E-state index contributed by atoms with van der Waals surface area (Å²) in [6, 6.07) is 20.2. The first-order valence-corrected chi connectivity index (χ1v) is 10.3. The lowest BCUT2D eigenvalue weighted by Crippen LogP contribution is -3.13. The highest BCUT2D eigenvalue weighted by Gasteiger charge is 2.20. The SMILES string of the molecule is CC(=O)c1c[nH]c(C(=O)Nc2ccc(N3CC[NH+](Cc4ccccc4)CC3)cc2)c1. The number of hydrogen-bond acceptors (Lipinski definition) is 3. The molecule has 6 nitrogen and oxygen atoms in total. The Morgan fingerprint density at radius 3 is 2.37 bits per heavy atom. The molecular formula is C24H27N4O2+. The van der Waals surface area contributed by atoms with Crippen LogP contribution in [-0.2, 0) is 6.54 Å². The van der Waals surface area contributed by atoms with Crippen LogP contribution in [0.15, 0.2) is 66.9 Å². The van der Waals surface area contributed by atoms with Gasteiger partial charge in [-0.2, -0.15) is 0 Å². The minimum atomic E-state index is -0.256. The van der Waals surface area contributed by atoms with Crippen LogP contribution in [0, 0.1) is 0 Å². The summed E-state index contributed by atoms with van der Waals surface area (Å²) in [5, 5.41) is 2.87. The lowest BCUT2D eigenvalue weighted by atomic mass is 10.2. The van der Waals surface area contributed by atoms with Gasteiger partial charge in [-0.1, -0.05) is 30.3 Å². The van der Waals surface area contributed by atoms with Crippen LogP contribution in [0.2, 0.25) is 0 Å². The van der Waals surface area contributed by atoms with Gasteiger partial charge in [0.25, 0.3) is 5.91 Å². The van der Waals surface area contributed by atoms with Gasteiger partial charge in [-0.15, -0.1) is 0 Å². The molecule has 1 aliphatic rings. The van der Waals surface area contributed by atoms with Crippen molar-refractivity contribution in [3.63, 3.8) is 0 Å². The summed E-state index contributed by atoms with van der Waals surface area (Å²) in [4.78, 5) is 30.6. The van der Waals surface area contributed by atoms with Crippen molar-refractivity contribution in [3.05, 3.63) is 83.7 Å². The van der Waals surface area contributed by atoms with Crippen LogP contribution in [0.3, 0.4) is 0 Å². The number of aromatic nitrogens is 1. The van der Waals surface area contributed by atoms with E-state index in [1.165, 1.54) is 18.2 Å². The molecule has 1 fully saturated rings. The van der Waals surface area contributed by atoms with Gasteiger partial charge < -0.3 is 20.1 Å². The maximum atomic E-state index is 12.4. The van der Waals surface area contributed by atoms with E-state index in [1.54, 1.807) is 17.2 Å². The minimum absolute atomic E-state index is 0.0691. The van der Waals surface area contributed by atoms with E-state index >= 15 is 0 Å². The quantitative estimate of drug-likeness (QED) is 0.554. The van der Waals surface area contributed by atoms with Gasteiger partial charge in [0.2, 0.25) is 0 Å². The molecule has 2 aromatic carbocycles. The van der Waals surface area contributed by atoms with E-state index < -0.39 is 0 Å². The van der Waals surface area contributed by atoms with Gasteiger partial charge in [-0.25, -0.2) is 0 Å². The molecule has 6 heteroatoms. The maximum Gasteiger partial charge on any atom is 0.272 e. The first kappa shape index (κ1) is 19.9. The zero-order valence-corrected chi connectivity index (χ0v) is 17.2. The number of H-pyrrole nitrogens is 1. The highest BCUT2D eigenvalue weighted by molar-refractivity contribution is 6.05. The van der Waals surface area contributed by atoms with Gasteiger partial charge in [-0.05, 0) is 37.3 Å². The fraction of sp³-hybridized carbons (Fsp3) is 0.250. The fourth-order valence-corrected chi connectivity index (χ4v) is 3.83. The highest BCUT2D eigenvalue weighted by Crippen LogP contribution is 2.19. The third kappa shape index (κ3) is 4.78. The Kier molecular flexibility index (Phi) is 5.95. The summed E-state index contributed by atoms with van der Waals surface area (Å²) in [7, 11) is 0. The van der Waals surface area contributed by atoms with Crippen molar-refractivity contribution in [2.24, 2.45) is 0 Å². The molecule has 1 aromatic heterocycles. The number of hydrogen-bond donors (Lipinski definition) is 3. The summed E-state index contributed by atoms with van der Waals surface area (Å²) in [6.07, 6.45) is 1.56. The molecule has 1 aliphatic heterocycles. The predicted octanol–water partition coefficient (Wildman–Crippen LogP) is 2.37. The fourth-order valence-electron chi connectivity index (χ4n) is 3.83. The second kappa shape index (κ2) is 8.97.